The molecule has 0 unspecified atom stereocenters. The molecule has 0 spiro atoms. The lowest BCUT2D eigenvalue weighted by molar-refractivity contribution is -0.152. The van der Waals surface area contributed by atoms with Crippen molar-refractivity contribution in [3.05, 3.63) is 53.6 Å². The SMILES string of the molecule is C[C@H](OC(=O)CCN1C(=O)CSc2ccccc21)C(=O)Nc1ccc(Cl)cc1. The Morgan fingerprint density at radius 1 is 1.21 bits per heavy atom. The molecule has 0 saturated carbocycles. The Bertz CT molecular complexity index is 888. The number of carbonyl (C=O) groups excluding carboxylic acids is 3. The molecule has 1 aliphatic heterocycles. The van der Waals surface area contributed by atoms with E-state index in [0.717, 1.165) is 10.6 Å². The first-order chi connectivity index (χ1) is 13.4. The maximum atomic E-state index is 12.2. The molecule has 0 aliphatic carbocycles. The lowest BCUT2D eigenvalue weighted by atomic mass is 10.2. The van der Waals surface area contributed by atoms with Gasteiger partial charge in [0.2, 0.25) is 5.91 Å². The molecule has 1 aliphatic rings. The largest absolute Gasteiger partial charge is 0.452 e. The summed E-state index contributed by atoms with van der Waals surface area (Å²) in [6, 6.07) is 14.2. The maximum Gasteiger partial charge on any atom is 0.308 e. The van der Waals surface area contributed by atoms with Crippen molar-refractivity contribution in [2.75, 3.05) is 22.5 Å². The van der Waals surface area contributed by atoms with Crippen LogP contribution < -0.4 is 10.2 Å². The molecule has 0 aromatic heterocycles. The van der Waals surface area contributed by atoms with Crippen LogP contribution in [0.1, 0.15) is 13.3 Å². The highest BCUT2D eigenvalue weighted by Gasteiger charge is 2.25. The first-order valence-electron chi connectivity index (χ1n) is 8.72. The molecule has 1 atom stereocenters. The predicted octanol–water partition coefficient (Wildman–Crippen LogP) is 3.74. The molecule has 0 bridgehead atoms. The van der Waals surface area contributed by atoms with E-state index in [1.54, 1.807) is 29.2 Å². The molecule has 0 radical (unpaired) electrons. The molecule has 3 rings (SSSR count). The van der Waals surface area contributed by atoms with Crippen LogP contribution in [0.5, 0.6) is 0 Å². The number of nitrogens with zero attached hydrogens (tertiary/aromatic N) is 1. The van der Waals surface area contributed by atoms with Crippen molar-refractivity contribution in [3.63, 3.8) is 0 Å². The number of anilines is 2. The highest BCUT2D eigenvalue weighted by molar-refractivity contribution is 8.00. The molecule has 8 heteroatoms. The van der Waals surface area contributed by atoms with E-state index in [1.807, 2.05) is 24.3 Å². The number of hydrogen-bond acceptors (Lipinski definition) is 5. The quantitative estimate of drug-likeness (QED) is 0.723. The van der Waals surface area contributed by atoms with Gasteiger partial charge in [0.05, 0.1) is 17.9 Å². The average Bonchev–Trinajstić information content (AvgIpc) is 2.69. The Labute approximate surface area is 172 Å². The summed E-state index contributed by atoms with van der Waals surface area (Å²) in [6.45, 7) is 1.71. The molecule has 2 aromatic rings. The number of carbonyl (C=O) groups is 3. The molecule has 28 heavy (non-hydrogen) atoms. The molecule has 2 aromatic carbocycles. The topological polar surface area (TPSA) is 75.7 Å². The van der Waals surface area contributed by atoms with Crippen molar-refractivity contribution in [1.82, 2.24) is 0 Å². The summed E-state index contributed by atoms with van der Waals surface area (Å²) >= 11 is 7.29. The lowest BCUT2D eigenvalue weighted by Gasteiger charge is -2.28. The van der Waals surface area contributed by atoms with Crippen molar-refractivity contribution >= 4 is 52.5 Å². The van der Waals surface area contributed by atoms with Gasteiger partial charge in [-0.15, -0.1) is 11.8 Å². The Hall–Kier alpha value is -2.51. The van der Waals surface area contributed by atoms with Crippen LogP contribution >= 0.6 is 23.4 Å². The number of thioether (sulfide) groups is 1. The van der Waals surface area contributed by atoms with Gasteiger partial charge in [-0.05, 0) is 43.3 Å². The van der Waals surface area contributed by atoms with Gasteiger partial charge in [-0.2, -0.15) is 0 Å². The van der Waals surface area contributed by atoms with Crippen LogP contribution in [0.2, 0.25) is 5.02 Å². The van der Waals surface area contributed by atoms with Crippen LogP contribution in [-0.4, -0.2) is 36.2 Å². The molecule has 1 heterocycles. The molecule has 1 N–H and O–H groups in total. The van der Waals surface area contributed by atoms with Gasteiger partial charge < -0.3 is 15.0 Å². The van der Waals surface area contributed by atoms with Gasteiger partial charge in [0, 0.05) is 22.2 Å². The molecule has 2 amide bonds. The van der Waals surface area contributed by atoms with E-state index < -0.39 is 18.0 Å². The fraction of sp³-hybridized carbons (Fsp3) is 0.250. The van der Waals surface area contributed by atoms with E-state index in [4.69, 9.17) is 16.3 Å². The van der Waals surface area contributed by atoms with E-state index in [9.17, 15) is 14.4 Å². The fourth-order valence-corrected chi connectivity index (χ4v) is 3.75. The summed E-state index contributed by atoms with van der Waals surface area (Å²) in [5, 5.41) is 3.22. The van der Waals surface area contributed by atoms with Gasteiger partial charge in [0.15, 0.2) is 6.10 Å². The van der Waals surface area contributed by atoms with E-state index in [1.165, 1.54) is 18.7 Å². The van der Waals surface area contributed by atoms with Crippen molar-refractivity contribution in [3.8, 4) is 0 Å². The standard InChI is InChI=1S/C20H19ClN2O4S/c1-13(20(26)22-15-8-6-14(21)7-9-15)27-19(25)10-11-23-16-4-2-3-5-17(16)28-12-18(23)24/h2-9,13H,10-12H2,1H3,(H,22,26)/t13-/m0/s1. The highest BCUT2D eigenvalue weighted by atomic mass is 35.5. The van der Waals surface area contributed by atoms with Gasteiger partial charge in [-0.3, -0.25) is 14.4 Å². The second-order valence-electron chi connectivity index (χ2n) is 6.18. The van der Waals surface area contributed by atoms with Gasteiger partial charge >= 0.3 is 5.97 Å². The molecule has 6 nitrogen and oxygen atoms in total. The summed E-state index contributed by atoms with van der Waals surface area (Å²) in [4.78, 5) is 39.1. The number of nitrogens with one attached hydrogen (secondary N) is 1. The van der Waals surface area contributed by atoms with Gasteiger partial charge in [-0.1, -0.05) is 23.7 Å². The number of halogens is 1. The number of amides is 2. The molecule has 0 saturated heterocycles. The Balaban J connectivity index is 1.52. The van der Waals surface area contributed by atoms with E-state index in [-0.39, 0.29) is 18.9 Å². The fourth-order valence-electron chi connectivity index (χ4n) is 2.69. The van der Waals surface area contributed by atoms with Crippen molar-refractivity contribution in [2.45, 2.75) is 24.3 Å². The Morgan fingerprint density at radius 2 is 1.93 bits per heavy atom. The van der Waals surface area contributed by atoms with Crippen molar-refractivity contribution in [1.29, 1.82) is 0 Å². The van der Waals surface area contributed by atoms with E-state index >= 15 is 0 Å². The summed E-state index contributed by atoms with van der Waals surface area (Å²) < 4.78 is 5.20. The maximum absolute atomic E-state index is 12.2. The second kappa shape index (κ2) is 9.12. The number of benzene rings is 2. The molecular weight excluding hydrogens is 400 g/mol. The van der Waals surface area contributed by atoms with Gasteiger partial charge in [0.25, 0.3) is 5.91 Å². The molecule has 0 fully saturated rings. The van der Waals surface area contributed by atoms with Crippen LogP contribution in [0, 0.1) is 0 Å². The first kappa shape index (κ1) is 20.2. The zero-order valence-corrected chi connectivity index (χ0v) is 16.8. The molecule has 146 valence electrons. The number of fused-ring (bicyclic) bond motifs is 1. The second-order valence-corrected chi connectivity index (χ2v) is 7.63. The predicted molar refractivity (Wildman–Crippen MR) is 110 cm³/mol. The first-order valence-corrected chi connectivity index (χ1v) is 10.1. The minimum atomic E-state index is -0.955. The summed E-state index contributed by atoms with van der Waals surface area (Å²) in [5.74, 6) is -0.690. The lowest BCUT2D eigenvalue weighted by Crippen LogP contribution is -2.38. The Kier molecular flexibility index (Phi) is 6.59. The number of ether oxygens (including phenoxy) is 1. The number of esters is 1. The van der Waals surface area contributed by atoms with Crippen LogP contribution in [0.15, 0.2) is 53.4 Å². The van der Waals surface area contributed by atoms with Crippen LogP contribution in [0.3, 0.4) is 0 Å². The van der Waals surface area contributed by atoms with Gasteiger partial charge in [0.1, 0.15) is 0 Å². The number of hydrogen-bond donors (Lipinski definition) is 1. The third-order valence-corrected chi connectivity index (χ3v) is 5.44. The smallest absolute Gasteiger partial charge is 0.308 e. The summed E-state index contributed by atoms with van der Waals surface area (Å²) in [7, 11) is 0. The third-order valence-electron chi connectivity index (χ3n) is 4.14. The summed E-state index contributed by atoms with van der Waals surface area (Å²) in [5.41, 5.74) is 1.36. The van der Waals surface area contributed by atoms with Crippen molar-refractivity contribution < 1.29 is 19.1 Å². The molecular formula is C20H19ClN2O4S. The Morgan fingerprint density at radius 3 is 2.68 bits per heavy atom. The minimum absolute atomic E-state index is 0.00328. The number of rotatable bonds is 6. The highest BCUT2D eigenvalue weighted by Crippen LogP contribution is 2.34. The van der Waals surface area contributed by atoms with Crippen molar-refractivity contribution in [2.24, 2.45) is 0 Å². The van der Waals surface area contributed by atoms with E-state index in [2.05, 4.69) is 5.32 Å². The monoisotopic (exact) mass is 418 g/mol. The van der Waals surface area contributed by atoms with Crippen LogP contribution in [0.25, 0.3) is 0 Å². The number of para-hydroxylation sites is 1. The van der Waals surface area contributed by atoms with Crippen LogP contribution in [0.4, 0.5) is 11.4 Å². The zero-order chi connectivity index (χ0) is 20.1. The normalized spacial score (nSPS) is 14.2. The summed E-state index contributed by atoms with van der Waals surface area (Å²) in [6.07, 6.45) is -0.952. The third kappa shape index (κ3) is 5.05. The minimum Gasteiger partial charge on any atom is -0.452 e. The van der Waals surface area contributed by atoms with Crippen LogP contribution in [-0.2, 0) is 19.1 Å². The van der Waals surface area contributed by atoms with E-state index in [0.29, 0.717) is 16.5 Å². The zero-order valence-electron chi connectivity index (χ0n) is 15.2. The van der Waals surface area contributed by atoms with Gasteiger partial charge in [-0.25, -0.2) is 0 Å². The average molecular weight is 419 g/mol.